The summed E-state index contributed by atoms with van der Waals surface area (Å²) in [5.74, 6) is 0.688. The molecule has 0 bridgehead atoms. The number of likely N-dealkylation sites (N-methyl/N-ethyl adjacent to an activating group) is 1. The van der Waals surface area contributed by atoms with E-state index in [1.807, 2.05) is 0 Å². The zero-order chi connectivity index (χ0) is 7.78. The van der Waals surface area contributed by atoms with Crippen LogP contribution in [0.4, 0.5) is 0 Å². The second-order valence-corrected chi connectivity index (χ2v) is 3.23. The van der Waals surface area contributed by atoms with Crippen LogP contribution in [0.2, 0.25) is 0 Å². The molecule has 3 nitrogen and oxygen atoms in total. The SMILES string of the molecule is CCN1C(N)=NCC1(C)C. The highest BCUT2D eigenvalue weighted by atomic mass is 15.3. The van der Waals surface area contributed by atoms with Crippen LogP contribution < -0.4 is 5.73 Å². The van der Waals surface area contributed by atoms with Gasteiger partial charge in [0.05, 0.1) is 12.1 Å². The number of aliphatic imine (C=N–C) groups is 1. The smallest absolute Gasteiger partial charge is 0.191 e. The number of rotatable bonds is 1. The molecular formula is C7H15N3. The first-order valence-electron chi connectivity index (χ1n) is 3.65. The summed E-state index contributed by atoms with van der Waals surface area (Å²) in [5, 5.41) is 0. The summed E-state index contributed by atoms with van der Waals surface area (Å²) in [6.45, 7) is 8.17. The van der Waals surface area contributed by atoms with Crippen molar-refractivity contribution in [1.29, 1.82) is 0 Å². The van der Waals surface area contributed by atoms with E-state index in [1.54, 1.807) is 0 Å². The van der Waals surface area contributed by atoms with Crippen LogP contribution in [0.5, 0.6) is 0 Å². The molecule has 1 aliphatic heterocycles. The lowest BCUT2D eigenvalue weighted by Gasteiger charge is -2.31. The fraction of sp³-hybridized carbons (Fsp3) is 0.857. The number of nitrogens with zero attached hydrogens (tertiary/aromatic N) is 2. The Bertz CT molecular complexity index is 160. The third-order valence-corrected chi connectivity index (χ3v) is 1.95. The van der Waals surface area contributed by atoms with Crippen LogP contribution >= 0.6 is 0 Å². The van der Waals surface area contributed by atoms with Gasteiger partial charge in [0.25, 0.3) is 0 Å². The van der Waals surface area contributed by atoms with Gasteiger partial charge in [0, 0.05) is 6.54 Å². The van der Waals surface area contributed by atoms with Crippen LogP contribution in [0, 0.1) is 0 Å². The van der Waals surface area contributed by atoms with Gasteiger partial charge in [-0.1, -0.05) is 0 Å². The highest BCUT2D eigenvalue weighted by Gasteiger charge is 2.31. The highest BCUT2D eigenvalue weighted by Crippen LogP contribution is 2.19. The Hall–Kier alpha value is -0.730. The molecule has 1 heterocycles. The Balaban J connectivity index is 2.73. The summed E-state index contributed by atoms with van der Waals surface area (Å²) in [5.41, 5.74) is 5.78. The molecule has 3 heteroatoms. The minimum atomic E-state index is 0.138. The van der Waals surface area contributed by atoms with Crippen LogP contribution in [0.25, 0.3) is 0 Å². The number of guanidine groups is 1. The summed E-state index contributed by atoms with van der Waals surface area (Å²) in [6.07, 6.45) is 0. The van der Waals surface area contributed by atoms with Crippen molar-refractivity contribution in [2.45, 2.75) is 26.3 Å². The standard InChI is InChI=1S/C7H15N3/c1-4-10-6(8)9-5-7(10,2)3/h4-5H2,1-3H3,(H2,8,9). The molecule has 0 saturated heterocycles. The van der Waals surface area contributed by atoms with Crippen molar-refractivity contribution in [3.8, 4) is 0 Å². The monoisotopic (exact) mass is 141 g/mol. The number of nitrogens with two attached hydrogens (primary N) is 1. The fourth-order valence-corrected chi connectivity index (χ4v) is 1.35. The molecule has 0 fully saturated rings. The van der Waals surface area contributed by atoms with Crippen molar-refractivity contribution < 1.29 is 0 Å². The van der Waals surface area contributed by atoms with E-state index >= 15 is 0 Å². The molecule has 1 rings (SSSR count). The summed E-state index contributed by atoms with van der Waals surface area (Å²) >= 11 is 0. The van der Waals surface area contributed by atoms with E-state index in [2.05, 4.69) is 30.7 Å². The maximum atomic E-state index is 5.64. The van der Waals surface area contributed by atoms with E-state index in [-0.39, 0.29) is 5.54 Å². The maximum Gasteiger partial charge on any atom is 0.191 e. The lowest BCUT2D eigenvalue weighted by molar-refractivity contribution is 0.256. The molecule has 0 aliphatic carbocycles. The highest BCUT2D eigenvalue weighted by molar-refractivity contribution is 5.80. The van der Waals surface area contributed by atoms with Gasteiger partial charge in [0.2, 0.25) is 0 Å². The summed E-state index contributed by atoms with van der Waals surface area (Å²) in [7, 11) is 0. The molecule has 0 amide bonds. The number of hydrogen-bond donors (Lipinski definition) is 1. The average molecular weight is 141 g/mol. The van der Waals surface area contributed by atoms with Gasteiger partial charge in [-0.05, 0) is 20.8 Å². The minimum Gasteiger partial charge on any atom is -0.370 e. The summed E-state index contributed by atoms with van der Waals surface area (Å²) in [4.78, 5) is 6.28. The van der Waals surface area contributed by atoms with Gasteiger partial charge in [-0.2, -0.15) is 0 Å². The molecule has 0 atom stereocenters. The Morgan fingerprint density at radius 2 is 2.30 bits per heavy atom. The Kier molecular flexibility index (Phi) is 1.58. The number of hydrogen-bond acceptors (Lipinski definition) is 3. The van der Waals surface area contributed by atoms with Crippen molar-refractivity contribution in [2.24, 2.45) is 10.7 Å². The third-order valence-electron chi connectivity index (χ3n) is 1.95. The molecular weight excluding hydrogens is 126 g/mol. The van der Waals surface area contributed by atoms with Crippen LogP contribution in [-0.2, 0) is 0 Å². The van der Waals surface area contributed by atoms with Gasteiger partial charge in [-0.25, -0.2) is 0 Å². The van der Waals surface area contributed by atoms with Crippen LogP contribution in [-0.4, -0.2) is 29.5 Å². The molecule has 0 aromatic carbocycles. The fourth-order valence-electron chi connectivity index (χ4n) is 1.35. The molecule has 0 spiro atoms. The molecule has 0 unspecified atom stereocenters. The molecule has 0 aromatic heterocycles. The lowest BCUT2D eigenvalue weighted by atomic mass is 10.1. The van der Waals surface area contributed by atoms with Crippen LogP contribution in [0.3, 0.4) is 0 Å². The summed E-state index contributed by atoms with van der Waals surface area (Å²) < 4.78 is 0. The Morgan fingerprint density at radius 3 is 2.50 bits per heavy atom. The van der Waals surface area contributed by atoms with Gasteiger partial charge >= 0.3 is 0 Å². The largest absolute Gasteiger partial charge is 0.370 e. The lowest BCUT2D eigenvalue weighted by Crippen LogP contribution is -2.47. The van der Waals surface area contributed by atoms with Crippen molar-refractivity contribution in [3.63, 3.8) is 0 Å². The van der Waals surface area contributed by atoms with Gasteiger partial charge in [0.15, 0.2) is 5.96 Å². The first-order chi connectivity index (χ1) is 4.58. The quantitative estimate of drug-likeness (QED) is 0.575. The van der Waals surface area contributed by atoms with Crippen LogP contribution in [0.15, 0.2) is 4.99 Å². The van der Waals surface area contributed by atoms with Gasteiger partial charge < -0.3 is 10.6 Å². The molecule has 2 N–H and O–H groups in total. The predicted molar refractivity (Wildman–Crippen MR) is 42.9 cm³/mol. The maximum absolute atomic E-state index is 5.64. The summed E-state index contributed by atoms with van der Waals surface area (Å²) in [6, 6.07) is 0. The van der Waals surface area contributed by atoms with Gasteiger partial charge in [0.1, 0.15) is 0 Å². The average Bonchev–Trinajstić information content (AvgIpc) is 2.07. The third kappa shape index (κ3) is 0.958. The molecule has 0 saturated carbocycles. The second-order valence-electron chi connectivity index (χ2n) is 3.23. The van der Waals surface area contributed by atoms with E-state index < -0.39 is 0 Å². The zero-order valence-electron chi connectivity index (χ0n) is 6.89. The zero-order valence-corrected chi connectivity index (χ0v) is 6.89. The Morgan fingerprint density at radius 1 is 1.70 bits per heavy atom. The van der Waals surface area contributed by atoms with E-state index in [1.165, 1.54) is 0 Å². The van der Waals surface area contributed by atoms with E-state index in [0.29, 0.717) is 5.96 Å². The molecule has 58 valence electrons. The predicted octanol–water partition coefficient (Wildman–Crippen LogP) is 0.415. The molecule has 10 heavy (non-hydrogen) atoms. The van der Waals surface area contributed by atoms with Crippen molar-refractivity contribution in [2.75, 3.05) is 13.1 Å². The minimum absolute atomic E-state index is 0.138. The van der Waals surface area contributed by atoms with E-state index in [4.69, 9.17) is 5.73 Å². The topological polar surface area (TPSA) is 41.6 Å². The van der Waals surface area contributed by atoms with E-state index in [9.17, 15) is 0 Å². The first kappa shape index (κ1) is 7.38. The molecule has 1 aliphatic rings. The molecule has 0 aromatic rings. The van der Waals surface area contributed by atoms with Crippen molar-refractivity contribution >= 4 is 5.96 Å². The molecule has 0 radical (unpaired) electrons. The normalized spacial score (nSPS) is 23.1. The van der Waals surface area contributed by atoms with Crippen molar-refractivity contribution in [1.82, 2.24) is 4.90 Å². The van der Waals surface area contributed by atoms with Gasteiger partial charge in [-0.3, -0.25) is 4.99 Å². The van der Waals surface area contributed by atoms with Crippen molar-refractivity contribution in [3.05, 3.63) is 0 Å². The second kappa shape index (κ2) is 2.15. The van der Waals surface area contributed by atoms with Gasteiger partial charge in [-0.15, -0.1) is 0 Å². The van der Waals surface area contributed by atoms with Crippen LogP contribution in [0.1, 0.15) is 20.8 Å². The Labute approximate surface area is 61.9 Å². The van der Waals surface area contributed by atoms with E-state index in [0.717, 1.165) is 13.1 Å². The first-order valence-corrected chi connectivity index (χ1v) is 3.65.